The Morgan fingerprint density at radius 2 is 2.08 bits per heavy atom. The molecule has 0 radical (unpaired) electrons. The molecule has 1 amide bonds. The molecular weight excluding hydrogens is 328 g/mol. The van der Waals surface area contributed by atoms with Crippen molar-refractivity contribution in [3.05, 3.63) is 47.8 Å². The number of ether oxygens (including phenoxy) is 1. The number of hydrogen-bond acceptors (Lipinski definition) is 5. The molecule has 1 aromatic heterocycles. The lowest BCUT2D eigenvalue weighted by Gasteiger charge is -2.22. The molecule has 6 heteroatoms. The van der Waals surface area contributed by atoms with Crippen LogP contribution in [0.4, 0.5) is 5.95 Å². The number of rotatable bonds is 7. The van der Waals surface area contributed by atoms with Crippen molar-refractivity contribution in [2.45, 2.75) is 44.6 Å². The van der Waals surface area contributed by atoms with E-state index in [1.807, 2.05) is 18.2 Å². The molecule has 0 saturated heterocycles. The lowest BCUT2D eigenvalue weighted by molar-refractivity contribution is 0.0922. The molecule has 3 rings (SSSR count). The van der Waals surface area contributed by atoms with E-state index in [0.29, 0.717) is 18.2 Å². The maximum atomic E-state index is 12.4. The molecular formula is C20H26N4O2. The van der Waals surface area contributed by atoms with Gasteiger partial charge in [-0.05, 0) is 43.0 Å². The SMILES string of the molecule is COc1cccc(CCNc2nccc(C(=O)NC3CCCCC3)n2)c1. The van der Waals surface area contributed by atoms with Gasteiger partial charge in [-0.3, -0.25) is 4.79 Å². The van der Waals surface area contributed by atoms with E-state index in [-0.39, 0.29) is 11.9 Å². The van der Waals surface area contributed by atoms with Crippen LogP contribution in [-0.2, 0) is 6.42 Å². The molecule has 2 N–H and O–H groups in total. The number of nitrogens with zero attached hydrogens (tertiary/aromatic N) is 2. The molecule has 1 aliphatic rings. The van der Waals surface area contributed by atoms with Gasteiger partial charge in [0.05, 0.1) is 7.11 Å². The van der Waals surface area contributed by atoms with Gasteiger partial charge in [0.2, 0.25) is 5.95 Å². The number of hydrogen-bond donors (Lipinski definition) is 2. The van der Waals surface area contributed by atoms with Crippen LogP contribution in [0, 0.1) is 0 Å². The summed E-state index contributed by atoms with van der Waals surface area (Å²) in [6, 6.07) is 9.90. The van der Waals surface area contributed by atoms with Gasteiger partial charge in [-0.1, -0.05) is 31.4 Å². The van der Waals surface area contributed by atoms with E-state index < -0.39 is 0 Å². The second kappa shape index (κ2) is 9.17. The predicted octanol–water partition coefficient (Wildman–Crippen LogP) is 3.20. The lowest BCUT2D eigenvalue weighted by atomic mass is 9.95. The van der Waals surface area contributed by atoms with Gasteiger partial charge >= 0.3 is 0 Å². The first-order valence-corrected chi connectivity index (χ1v) is 9.25. The van der Waals surface area contributed by atoms with Crippen molar-refractivity contribution in [3.63, 3.8) is 0 Å². The number of aromatic nitrogens is 2. The van der Waals surface area contributed by atoms with Crippen molar-refractivity contribution in [2.24, 2.45) is 0 Å². The van der Waals surface area contributed by atoms with Crippen LogP contribution in [0.5, 0.6) is 5.75 Å². The fraction of sp³-hybridized carbons (Fsp3) is 0.450. The molecule has 0 unspecified atom stereocenters. The van der Waals surface area contributed by atoms with Crippen molar-refractivity contribution >= 4 is 11.9 Å². The monoisotopic (exact) mass is 354 g/mol. The maximum Gasteiger partial charge on any atom is 0.270 e. The maximum absolute atomic E-state index is 12.4. The third kappa shape index (κ3) is 5.18. The molecule has 1 aliphatic carbocycles. The fourth-order valence-corrected chi connectivity index (χ4v) is 3.22. The Bertz CT molecular complexity index is 729. The van der Waals surface area contributed by atoms with Gasteiger partial charge in [0.1, 0.15) is 11.4 Å². The first-order chi connectivity index (χ1) is 12.7. The van der Waals surface area contributed by atoms with Gasteiger partial charge in [-0.2, -0.15) is 0 Å². The molecule has 26 heavy (non-hydrogen) atoms. The van der Waals surface area contributed by atoms with E-state index in [4.69, 9.17) is 4.74 Å². The van der Waals surface area contributed by atoms with Crippen LogP contribution in [0.1, 0.15) is 48.2 Å². The largest absolute Gasteiger partial charge is 0.497 e. The van der Waals surface area contributed by atoms with Crippen molar-refractivity contribution in [1.29, 1.82) is 0 Å². The number of nitrogens with one attached hydrogen (secondary N) is 2. The van der Waals surface area contributed by atoms with Crippen molar-refractivity contribution in [3.8, 4) is 5.75 Å². The van der Waals surface area contributed by atoms with Gasteiger partial charge in [0.25, 0.3) is 5.91 Å². The molecule has 1 aromatic carbocycles. The standard InChI is InChI=1S/C20H26N4O2/c1-26-17-9-5-6-15(14-17)10-12-21-20-22-13-11-18(24-20)19(25)23-16-7-3-2-4-8-16/h5-6,9,11,13-14,16H,2-4,7-8,10,12H2,1H3,(H,23,25)(H,21,22,24). The first kappa shape index (κ1) is 18.2. The minimum absolute atomic E-state index is 0.116. The normalized spacial score (nSPS) is 14.7. The molecule has 1 heterocycles. The Hall–Kier alpha value is -2.63. The molecule has 0 aliphatic heterocycles. The van der Waals surface area contributed by atoms with E-state index in [2.05, 4.69) is 26.7 Å². The summed E-state index contributed by atoms with van der Waals surface area (Å²) in [5.41, 5.74) is 1.58. The van der Waals surface area contributed by atoms with Crippen LogP contribution in [0.3, 0.4) is 0 Å². The molecule has 1 saturated carbocycles. The highest BCUT2D eigenvalue weighted by Gasteiger charge is 2.17. The Labute approximate surface area is 154 Å². The summed E-state index contributed by atoms with van der Waals surface area (Å²) in [5.74, 6) is 1.21. The number of anilines is 1. The average molecular weight is 354 g/mol. The zero-order valence-electron chi connectivity index (χ0n) is 15.2. The summed E-state index contributed by atoms with van der Waals surface area (Å²) in [6.45, 7) is 0.681. The number of methoxy groups -OCH3 is 1. The van der Waals surface area contributed by atoms with E-state index in [1.54, 1.807) is 19.4 Å². The summed E-state index contributed by atoms with van der Waals surface area (Å²) in [7, 11) is 1.66. The minimum atomic E-state index is -0.116. The highest BCUT2D eigenvalue weighted by Crippen LogP contribution is 2.18. The van der Waals surface area contributed by atoms with Crippen molar-refractivity contribution in [1.82, 2.24) is 15.3 Å². The first-order valence-electron chi connectivity index (χ1n) is 9.25. The van der Waals surface area contributed by atoms with Gasteiger partial charge in [0.15, 0.2) is 0 Å². The van der Waals surface area contributed by atoms with Crippen LogP contribution < -0.4 is 15.4 Å². The Balaban J connectivity index is 1.52. The molecule has 1 fully saturated rings. The zero-order chi connectivity index (χ0) is 18.2. The third-order valence-electron chi connectivity index (χ3n) is 4.66. The lowest BCUT2D eigenvalue weighted by Crippen LogP contribution is -2.36. The third-order valence-corrected chi connectivity index (χ3v) is 4.66. The molecule has 138 valence electrons. The molecule has 2 aromatic rings. The van der Waals surface area contributed by atoms with Gasteiger partial charge in [-0.25, -0.2) is 9.97 Å². The number of carbonyl (C=O) groups is 1. The molecule has 0 spiro atoms. The summed E-state index contributed by atoms with van der Waals surface area (Å²) in [4.78, 5) is 20.9. The van der Waals surface area contributed by atoms with Crippen LogP contribution in [-0.4, -0.2) is 35.6 Å². The second-order valence-electron chi connectivity index (χ2n) is 6.60. The van der Waals surface area contributed by atoms with E-state index in [9.17, 15) is 4.79 Å². The van der Waals surface area contributed by atoms with E-state index in [1.165, 1.54) is 24.8 Å². The predicted molar refractivity (Wildman–Crippen MR) is 102 cm³/mol. The summed E-state index contributed by atoms with van der Waals surface area (Å²) in [6.07, 6.45) is 8.19. The summed E-state index contributed by atoms with van der Waals surface area (Å²) in [5, 5.41) is 6.27. The fourth-order valence-electron chi connectivity index (χ4n) is 3.22. The van der Waals surface area contributed by atoms with E-state index in [0.717, 1.165) is 25.0 Å². The minimum Gasteiger partial charge on any atom is -0.497 e. The highest BCUT2D eigenvalue weighted by atomic mass is 16.5. The summed E-state index contributed by atoms with van der Waals surface area (Å²) < 4.78 is 5.23. The quantitative estimate of drug-likeness (QED) is 0.798. The zero-order valence-corrected chi connectivity index (χ0v) is 15.2. The van der Waals surface area contributed by atoms with Gasteiger partial charge in [-0.15, -0.1) is 0 Å². The number of benzene rings is 1. The smallest absolute Gasteiger partial charge is 0.270 e. The highest BCUT2D eigenvalue weighted by molar-refractivity contribution is 5.92. The Morgan fingerprint density at radius 1 is 1.23 bits per heavy atom. The Kier molecular flexibility index (Phi) is 6.41. The van der Waals surface area contributed by atoms with Crippen LogP contribution >= 0.6 is 0 Å². The average Bonchev–Trinajstić information content (AvgIpc) is 2.69. The molecule has 6 nitrogen and oxygen atoms in total. The Morgan fingerprint density at radius 3 is 2.88 bits per heavy atom. The molecule has 0 atom stereocenters. The number of carbonyl (C=O) groups excluding carboxylic acids is 1. The van der Waals surface area contributed by atoms with Crippen LogP contribution in [0.15, 0.2) is 36.5 Å². The second-order valence-corrected chi connectivity index (χ2v) is 6.60. The summed E-state index contributed by atoms with van der Waals surface area (Å²) >= 11 is 0. The molecule has 0 bridgehead atoms. The van der Waals surface area contributed by atoms with Crippen molar-refractivity contribution in [2.75, 3.05) is 19.0 Å². The van der Waals surface area contributed by atoms with Crippen LogP contribution in [0.25, 0.3) is 0 Å². The van der Waals surface area contributed by atoms with Crippen molar-refractivity contribution < 1.29 is 9.53 Å². The number of amides is 1. The van der Waals surface area contributed by atoms with Gasteiger partial charge < -0.3 is 15.4 Å². The van der Waals surface area contributed by atoms with Gasteiger partial charge in [0, 0.05) is 18.8 Å². The topological polar surface area (TPSA) is 76.1 Å². The van der Waals surface area contributed by atoms with E-state index >= 15 is 0 Å². The van der Waals surface area contributed by atoms with Crippen LogP contribution in [0.2, 0.25) is 0 Å².